The van der Waals surface area contributed by atoms with Crippen LogP contribution in [0.15, 0.2) is 54.6 Å². The van der Waals surface area contributed by atoms with Gasteiger partial charge in [-0.3, -0.25) is 4.79 Å². The van der Waals surface area contributed by atoms with Crippen molar-refractivity contribution in [1.29, 1.82) is 0 Å². The number of carbonyl (C=O) groups is 1. The quantitative estimate of drug-likeness (QED) is 0.824. The van der Waals surface area contributed by atoms with Gasteiger partial charge in [-0.1, -0.05) is 54.1 Å². The third-order valence-electron chi connectivity index (χ3n) is 4.16. The van der Waals surface area contributed by atoms with Gasteiger partial charge in [0.25, 0.3) is 0 Å². The molecule has 128 valence electrons. The second kappa shape index (κ2) is 8.32. The van der Waals surface area contributed by atoms with Crippen LogP contribution in [-0.2, 0) is 21.4 Å². The van der Waals surface area contributed by atoms with Crippen molar-refractivity contribution in [3.05, 3.63) is 70.7 Å². The Morgan fingerprint density at radius 1 is 1.12 bits per heavy atom. The summed E-state index contributed by atoms with van der Waals surface area (Å²) in [5.74, 6) is -0.0252. The predicted molar refractivity (Wildman–Crippen MR) is 98.4 cm³/mol. The molecule has 0 spiro atoms. The molecule has 1 N–H and O–H groups in total. The van der Waals surface area contributed by atoms with Crippen molar-refractivity contribution >= 4 is 17.5 Å². The van der Waals surface area contributed by atoms with Crippen LogP contribution in [0.3, 0.4) is 0 Å². The van der Waals surface area contributed by atoms with E-state index in [0.717, 1.165) is 12.0 Å². The number of hydrogen-bond donors (Lipinski definition) is 1. The molecule has 0 unspecified atom stereocenters. The smallest absolute Gasteiger partial charge is 0.230 e. The largest absolute Gasteiger partial charge is 0.383 e. The Morgan fingerprint density at radius 2 is 1.75 bits per heavy atom. The van der Waals surface area contributed by atoms with Crippen LogP contribution in [0, 0.1) is 0 Å². The van der Waals surface area contributed by atoms with E-state index in [4.69, 9.17) is 16.3 Å². The van der Waals surface area contributed by atoms with E-state index in [1.54, 1.807) is 7.11 Å². The molecule has 0 saturated carbocycles. The molecule has 0 saturated heterocycles. The molecule has 0 aliphatic heterocycles. The van der Waals surface area contributed by atoms with Crippen LogP contribution in [0.2, 0.25) is 5.02 Å². The van der Waals surface area contributed by atoms with Crippen molar-refractivity contribution in [3.8, 4) is 0 Å². The maximum Gasteiger partial charge on any atom is 0.230 e. The van der Waals surface area contributed by atoms with E-state index in [-0.39, 0.29) is 11.9 Å². The Bertz CT molecular complexity index is 653. The Hall–Kier alpha value is -1.84. The highest BCUT2D eigenvalue weighted by Crippen LogP contribution is 2.25. The molecule has 3 nitrogen and oxygen atoms in total. The minimum absolute atomic E-state index is 0.0252. The number of benzene rings is 2. The van der Waals surface area contributed by atoms with Gasteiger partial charge in [0.05, 0.1) is 18.1 Å². The second-order valence-electron chi connectivity index (χ2n) is 6.45. The zero-order valence-corrected chi connectivity index (χ0v) is 15.1. The summed E-state index contributed by atoms with van der Waals surface area (Å²) < 4.78 is 5.28. The van der Waals surface area contributed by atoms with Gasteiger partial charge in [-0.2, -0.15) is 0 Å². The van der Waals surface area contributed by atoms with Crippen molar-refractivity contribution in [1.82, 2.24) is 5.32 Å². The lowest BCUT2D eigenvalue weighted by Gasteiger charge is -2.28. The fourth-order valence-corrected chi connectivity index (χ4v) is 2.74. The third-order valence-corrected chi connectivity index (χ3v) is 4.41. The van der Waals surface area contributed by atoms with Crippen LogP contribution in [-0.4, -0.2) is 25.7 Å². The van der Waals surface area contributed by atoms with Gasteiger partial charge >= 0.3 is 0 Å². The van der Waals surface area contributed by atoms with Crippen molar-refractivity contribution in [3.63, 3.8) is 0 Å². The molecule has 0 aromatic heterocycles. The van der Waals surface area contributed by atoms with Crippen LogP contribution in [0.5, 0.6) is 0 Å². The molecule has 2 rings (SSSR count). The van der Waals surface area contributed by atoms with Gasteiger partial charge in [-0.05, 0) is 43.5 Å². The van der Waals surface area contributed by atoms with Crippen LogP contribution >= 0.6 is 11.6 Å². The van der Waals surface area contributed by atoms with Crippen LogP contribution in [0.4, 0.5) is 0 Å². The first-order valence-electron chi connectivity index (χ1n) is 8.03. The number of ether oxygens (including phenoxy) is 1. The van der Waals surface area contributed by atoms with Crippen molar-refractivity contribution in [2.45, 2.75) is 31.7 Å². The Balaban J connectivity index is 2.10. The molecule has 0 fully saturated rings. The fourth-order valence-electron chi connectivity index (χ4n) is 2.61. The molecule has 0 bridgehead atoms. The maximum atomic E-state index is 12.8. The lowest BCUT2D eigenvalue weighted by Crippen LogP contribution is -2.47. The summed E-state index contributed by atoms with van der Waals surface area (Å²) in [5.41, 5.74) is 1.46. The minimum Gasteiger partial charge on any atom is -0.383 e. The monoisotopic (exact) mass is 345 g/mol. The number of hydrogen-bond acceptors (Lipinski definition) is 2. The molecule has 0 aliphatic carbocycles. The van der Waals surface area contributed by atoms with Crippen molar-refractivity contribution < 1.29 is 9.53 Å². The van der Waals surface area contributed by atoms with E-state index in [2.05, 4.69) is 17.4 Å². The summed E-state index contributed by atoms with van der Waals surface area (Å²) >= 11 is 5.94. The molecular formula is C20H24ClNO2. The summed E-state index contributed by atoms with van der Waals surface area (Å²) in [4.78, 5) is 12.8. The van der Waals surface area contributed by atoms with E-state index in [1.807, 2.05) is 56.3 Å². The summed E-state index contributed by atoms with van der Waals surface area (Å²) in [5, 5.41) is 3.79. The van der Waals surface area contributed by atoms with Crippen molar-refractivity contribution in [2.24, 2.45) is 0 Å². The van der Waals surface area contributed by atoms with Gasteiger partial charge in [-0.25, -0.2) is 0 Å². The average Bonchev–Trinajstić information content (AvgIpc) is 2.56. The first-order chi connectivity index (χ1) is 11.4. The topological polar surface area (TPSA) is 38.3 Å². The second-order valence-corrected chi connectivity index (χ2v) is 6.88. The van der Waals surface area contributed by atoms with Gasteiger partial charge in [0.15, 0.2) is 0 Å². The maximum absolute atomic E-state index is 12.8. The molecule has 2 aromatic carbocycles. The van der Waals surface area contributed by atoms with Gasteiger partial charge in [0.1, 0.15) is 0 Å². The molecular weight excluding hydrogens is 322 g/mol. The number of nitrogens with one attached hydrogen (secondary N) is 1. The number of halogens is 1. The van der Waals surface area contributed by atoms with Crippen LogP contribution in [0.25, 0.3) is 0 Å². The number of methoxy groups -OCH3 is 1. The zero-order chi connectivity index (χ0) is 17.6. The first-order valence-corrected chi connectivity index (χ1v) is 8.41. The van der Waals surface area contributed by atoms with Crippen LogP contribution < -0.4 is 5.32 Å². The molecule has 4 heteroatoms. The molecule has 0 aliphatic rings. The van der Waals surface area contributed by atoms with E-state index < -0.39 is 5.41 Å². The molecule has 0 radical (unpaired) electrons. The number of carbonyl (C=O) groups excluding carboxylic acids is 1. The summed E-state index contributed by atoms with van der Waals surface area (Å²) in [6.07, 6.45) is 0.733. The highest BCUT2D eigenvalue weighted by molar-refractivity contribution is 6.30. The molecule has 1 amide bonds. The standard InChI is InChI=1S/C20H24ClNO2/c1-20(2,16-9-11-17(21)12-10-16)19(23)22-18(14-24-3)13-15-7-5-4-6-8-15/h4-12,18H,13-14H2,1-3H3,(H,22,23)/t18-/m0/s1. The van der Waals surface area contributed by atoms with Gasteiger partial charge in [-0.15, -0.1) is 0 Å². The minimum atomic E-state index is -0.646. The van der Waals surface area contributed by atoms with Gasteiger partial charge in [0, 0.05) is 12.1 Å². The highest BCUT2D eigenvalue weighted by atomic mass is 35.5. The van der Waals surface area contributed by atoms with E-state index in [0.29, 0.717) is 11.6 Å². The van der Waals surface area contributed by atoms with Crippen molar-refractivity contribution in [2.75, 3.05) is 13.7 Å². The Morgan fingerprint density at radius 3 is 2.33 bits per heavy atom. The highest BCUT2D eigenvalue weighted by Gasteiger charge is 2.31. The molecule has 2 aromatic rings. The average molecular weight is 346 g/mol. The zero-order valence-electron chi connectivity index (χ0n) is 14.4. The molecule has 24 heavy (non-hydrogen) atoms. The number of amides is 1. The lowest BCUT2D eigenvalue weighted by molar-refractivity contribution is -0.126. The molecule has 0 heterocycles. The van der Waals surface area contributed by atoms with E-state index in [1.165, 1.54) is 5.56 Å². The Labute approximate surface area is 149 Å². The summed E-state index contributed by atoms with van der Waals surface area (Å²) in [6, 6.07) is 17.4. The number of rotatable bonds is 7. The summed E-state index contributed by atoms with van der Waals surface area (Å²) in [7, 11) is 1.65. The Kier molecular flexibility index (Phi) is 6.41. The molecule has 1 atom stereocenters. The first kappa shape index (κ1) is 18.5. The van der Waals surface area contributed by atoms with E-state index in [9.17, 15) is 4.79 Å². The fraction of sp³-hybridized carbons (Fsp3) is 0.350. The SMILES string of the molecule is COC[C@H](Cc1ccccc1)NC(=O)C(C)(C)c1ccc(Cl)cc1. The lowest BCUT2D eigenvalue weighted by atomic mass is 9.83. The van der Waals surface area contributed by atoms with E-state index >= 15 is 0 Å². The predicted octanol–water partition coefficient (Wildman–Crippen LogP) is 3.99. The summed E-state index contributed by atoms with van der Waals surface area (Å²) in [6.45, 7) is 4.30. The normalized spacial score (nSPS) is 12.7. The third kappa shape index (κ3) is 4.83. The van der Waals surface area contributed by atoms with Gasteiger partial charge in [0.2, 0.25) is 5.91 Å². The van der Waals surface area contributed by atoms with Crippen LogP contribution in [0.1, 0.15) is 25.0 Å². The van der Waals surface area contributed by atoms with Gasteiger partial charge < -0.3 is 10.1 Å².